The van der Waals surface area contributed by atoms with Crippen LogP contribution in [0.15, 0.2) is 79.0 Å². The summed E-state index contributed by atoms with van der Waals surface area (Å²) in [6.07, 6.45) is 1.72. The number of fused-ring (bicyclic) bond motifs is 1. The molecule has 1 aliphatic heterocycles. The summed E-state index contributed by atoms with van der Waals surface area (Å²) in [6, 6.07) is 23.8. The van der Waals surface area contributed by atoms with Crippen molar-refractivity contribution in [3.63, 3.8) is 0 Å². The number of ketones is 1. The van der Waals surface area contributed by atoms with E-state index in [4.69, 9.17) is 4.74 Å². The van der Waals surface area contributed by atoms with Crippen molar-refractivity contribution in [3.8, 4) is 11.1 Å². The highest BCUT2D eigenvalue weighted by Gasteiger charge is 2.19. The fourth-order valence-electron chi connectivity index (χ4n) is 5.25. The average molecular weight is 553 g/mol. The molecule has 1 amide bonds. The number of anilines is 1. The Morgan fingerprint density at radius 2 is 1.61 bits per heavy atom. The maximum absolute atomic E-state index is 13.6. The number of nitrogens with zero attached hydrogens (tertiary/aromatic N) is 3. The van der Waals surface area contributed by atoms with Gasteiger partial charge in [0.05, 0.1) is 0 Å². The maximum atomic E-state index is 13.6. The van der Waals surface area contributed by atoms with Crippen molar-refractivity contribution in [2.24, 2.45) is 0 Å². The number of likely N-dealkylation sites (N-methyl/N-ethyl adjacent to an activating group) is 1. The van der Waals surface area contributed by atoms with Gasteiger partial charge in [0.2, 0.25) is 0 Å². The number of nitrogens with one attached hydrogen (secondary N) is 1. The molecule has 2 heterocycles. The number of carbonyl (C=O) groups excluding carboxylic acids is 2. The van der Waals surface area contributed by atoms with Crippen LogP contribution in [0.2, 0.25) is 0 Å². The van der Waals surface area contributed by atoms with Crippen LogP contribution in [0.25, 0.3) is 22.0 Å². The number of benzene rings is 3. The van der Waals surface area contributed by atoms with Gasteiger partial charge in [-0.3, -0.25) is 15.0 Å². The molecule has 0 atom stereocenters. The summed E-state index contributed by atoms with van der Waals surface area (Å²) in [4.78, 5) is 31.0. The average Bonchev–Trinajstić information content (AvgIpc) is 3.35. The lowest BCUT2D eigenvalue weighted by Gasteiger charge is -2.32. The van der Waals surface area contributed by atoms with E-state index >= 15 is 0 Å². The van der Waals surface area contributed by atoms with Crippen LogP contribution in [0.3, 0.4) is 0 Å². The maximum Gasteiger partial charge on any atom is 0.412 e. The highest BCUT2D eigenvalue weighted by atomic mass is 16.6. The van der Waals surface area contributed by atoms with Gasteiger partial charge in [0.1, 0.15) is 5.60 Å². The second kappa shape index (κ2) is 12.3. The van der Waals surface area contributed by atoms with Crippen LogP contribution in [-0.4, -0.2) is 71.6 Å². The van der Waals surface area contributed by atoms with Crippen LogP contribution >= 0.6 is 0 Å². The van der Waals surface area contributed by atoms with Crippen LogP contribution < -0.4 is 5.32 Å². The number of rotatable bonds is 8. The van der Waals surface area contributed by atoms with Gasteiger partial charge in [-0.2, -0.15) is 0 Å². The molecule has 1 aliphatic rings. The number of ether oxygens (including phenoxy) is 1. The number of hydrogen-bond donors (Lipinski definition) is 1. The molecule has 0 unspecified atom stereocenters. The molecule has 41 heavy (non-hydrogen) atoms. The molecule has 0 saturated carbocycles. The first kappa shape index (κ1) is 28.6. The van der Waals surface area contributed by atoms with Gasteiger partial charge >= 0.3 is 6.09 Å². The SMILES string of the molecule is CN1CCN(CCn2ccc3cc(C(=O)Cc4cc(-c5ccccc5)ccc4NC(=O)OC(C)(C)C)ccc32)CC1. The monoisotopic (exact) mass is 552 g/mol. The quantitative estimate of drug-likeness (QED) is 0.259. The Morgan fingerprint density at radius 1 is 0.854 bits per heavy atom. The first-order valence-electron chi connectivity index (χ1n) is 14.4. The molecule has 7 nitrogen and oxygen atoms in total. The molecule has 0 radical (unpaired) electrons. The van der Waals surface area contributed by atoms with Crippen molar-refractivity contribution >= 4 is 28.5 Å². The molecular weight excluding hydrogens is 512 g/mol. The minimum absolute atomic E-state index is 0.00506. The highest BCUT2D eigenvalue weighted by Crippen LogP contribution is 2.28. The fraction of sp³-hybridized carbons (Fsp3) is 0.353. The Bertz CT molecular complexity index is 1510. The van der Waals surface area contributed by atoms with Crippen molar-refractivity contribution in [3.05, 3.63) is 90.1 Å². The third kappa shape index (κ3) is 7.43. The minimum Gasteiger partial charge on any atom is -0.444 e. The number of piperazine rings is 1. The first-order chi connectivity index (χ1) is 19.6. The number of hydrogen-bond acceptors (Lipinski definition) is 5. The van der Waals surface area contributed by atoms with Crippen LogP contribution in [0.4, 0.5) is 10.5 Å². The van der Waals surface area contributed by atoms with Gasteiger partial charge < -0.3 is 14.2 Å². The van der Waals surface area contributed by atoms with Crippen LogP contribution in [-0.2, 0) is 17.7 Å². The third-order valence-corrected chi connectivity index (χ3v) is 7.54. The zero-order chi connectivity index (χ0) is 29.0. The van der Waals surface area contributed by atoms with E-state index in [9.17, 15) is 9.59 Å². The zero-order valence-corrected chi connectivity index (χ0v) is 24.5. The molecule has 5 rings (SSSR count). The number of Topliss-reactive ketones (excluding diaryl/α,β-unsaturated/α-hetero) is 1. The lowest BCUT2D eigenvalue weighted by atomic mass is 9.96. The van der Waals surface area contributed by atoms with E-state index in [0.29, 0.717) is 11.3 Å². The van der Waals surface area contributed by atoms with Crippen molar-refractivity contribution in [2.75, 3.05) is 45.1 Å². The normalized spacial score (nSPS) is 14.7. The Hall–Kier alpha value is -3.94. The van der Waals surface area contributed by atoms with Gasteiger partial charge in [0.15, 0.2) is 5.78 Å². The number of aromatic nitrogens is 1. The summed E-state index contributed by atoms with van der Waals surface area (Å²) in [5.74, 6) is -0.00506. The van der Waals surface area contributed by atoms with Crippen molar-refractivity contribution in [1.29, 1.82) is 0 Å². The van der Waals surface area contributed by atoms with Crippen molar-refractivity contribution in [1.82, 2.24) is 14.4 Å². The van der Waals surface area contributed by atoms with E-state index in [0.717, 1.165) is 66.9 Å². The van der Waals surface area contributed by atoms with E-state index in [2.05, 4.69) is 39.0 Å². The van der Waals surface area contributed by atoms with Gasteiger partial charge in [0, 0.05) is 74.0 Å². The summed E-state index contributed by atoms with van der Waals surface area (Å²) >= 11 is 0. The Morgan fingerprint density at radius 3 is 2.34 bits per heavy atom. The first-order valence-corrected chi connectivity index (χ1v) is 14.4. The second-order valence-electron chi connectivity index (χ2n) is 11.9. The summed E-state index contributed by atoms with van der Waals surface area (Å²) in [6.45, 7) is 11.8. The van der Waals surface area contributed by atoms with Gasteiger partial charge in [-0.15, -0.1) is 0 Å². The fourth-order valence-corrected chi connectivity index (χ4v) is 5.25. The molecule has 7 heteroatoms. The third-order valence-electron chi connectivity index (χ3n) is 7.54. The molecule has 0 spiro atoms. The molecule has 0 aliphatic carbocycles. The highest BCUT2D eigenvalue weighted by molar-refractivity contribution is 6.02. The molecule has 0 bridgehead atoms. The Balaban J connectivity index is 1.34. The molecule has 1 fully saturated rings. The smallest absolute Gasteiger partial charge is 0.412 e. The van der Waals surface area contributed by atoms with Crippen LogP contribution in [0.1, 0.15) is 36.7 Å². The van der Waals surface area contributed by atoms with E-state index in [-0.39, 0.29) is 12.2 Å². The largest absolute Gasteiger partial charge is 0.444 e. The molecule has 1 N–H and O–H groups in total. The van der Waals surface area contributed by atoms with E-state index in [1.54, 1.807) is 0 Å². The Kier molecular flexibility index (Phi) is 8.57. The summed E-state index contributed by atoms with van der Waals surface area (Å²) < 4.78 is 7.74. The molecule has 1 saturated heterocycles. The standard InChI is InChI=1S/C34H40N4O3/c1-34(2,3)41-33(40)35-30-12-10-26(25-8-6-5-7-9-25)22-29(30)24-32(39)28-11-13-31-27(23-28)14-15-38(31)21-20-37-18-16-36(4)17-19-37/h5-15,22-23H,16-21,24H2,1-4H3,(H,35,40). The van der Waals surface area contributed by atoms with Gasteiger partial charge in [-0.25, -0.2) is 4.79 Å². The number of carbonyl (C=O) groups is 2. The number of amides is 1. The molecule has 1 aromatic heterocycles. The van der Waals surface area contributed by atoms with Crippen LogP contribution in [0.5, 0.6) is 0 Å². The predicted octanol–water partition coefficient (Wildman–Crippen LogP) is 6.33. The molecule has 4 aromatic rings. The van der Waals surface area contributed by atoms with Crippen LogP contribution in [0, 0.1) is 0 Å². The van der Waals surface area contributed by atoms with Crippen molar-refractivity contribution < 1.29 is 14.3 Å². The van der Waals surface area contributed by atoms with E-state index in [1.165, 1.54) is 0 Å². The van der Waals surface area contributed by atoms with E-state index in [1.807, 2.05) is 87.5 Å². The zero-order valence-electron chi connectivity index (χ0n) is 24.5. The molecular formula is C34H40N4O3. The lowest BCUT2D eigenvalue weighted by Crippen LogP contribution is -2.45. The topological polar surface area (TPSA) is 66.8 Å². The Labute approximate surface area is 242 Å². The molecule has 214 valence electrons. The lowest BCUT2D eigenvalue weighted by molar-refractivity contribution is 0.0635. The summed E-state index contributed by atoms with van der Waals surface area (Å²) in [7, 11) is 2.17. The van der Waals surface area contributed by atoms with E-state index < -0.39 is 11.7 Å². The van der Waals surface area contributed by atoms with Gasteiger partial charge in [0.25, 0.3) is 0 Å². The minimum atomic E-state index is -0.625. The summed E-state index contributed by atoms with van der Waals surface area (Å²) in [5.41, 5.74) is 4.51. The van der Waals surface area contributed by atoms with Crippen molar-refractivity contribution in [2.45, 2.75) is 39.3 Å². The summed E-state index contributed by atoms with van der Waals surface area (Å²) in [5, 5.41) is 3.91. The second-order valence-corrected chi connectivity index (χ2v) is 11.9. The predicted molar refractivity (Wildman–Crippen MR) is 166 cm³/mol. The molecule has 3 aromatic carbocycles. The van der Waals surface area contributed by atoms with Gasteiger partial charge in [-0.05, 0) is 80.9 Å². The van der Waals surface area contributed by atoms with Gasteiger partial charge in [-0.1, -0.05) is 36.4 Å².